The zero-order valence-electron chi connectivity index (χ0n) is 9.42. The second kappa shape index (κ2) is 5.11. The van der Waals surface area contributed by atoms with Crippen molar-refractivity contribution in [3.63, 3.8) is 0 Å². The number of aromatic nitrogens is 4. The first-order valence-electron chi connectivity index (χ1n) is 5.17. The third-order valence-corrected chi connectivity index (χ3v) is 2.27. The van der Waals surface area contributed by atoms with Crippen molar-refractivity contribution < 1.29 is 4.79 Å². The molecular weight excluding hydrogens is 218 g/mol. The molecule has 0 saturated carbocycles. The highest BCUT2D eigenvalue weighted by Gasteiger charge is 1.98. The molecule has 0 spiro atoms. The van der Waals surface area contributed by atoms with Gasteiger partial charge in [-0.1, -0.05) is 0 Å². The third kappa shape index (κ3) is 3.04. The van der Waals surface area contributed by atoms with E-state index < -0.39 is 0 Å². The maximum absolute atomic E-state index is 11.5. The summed E-state index contributed by atoms with van der Waals surface area (Å²) in [6.45, 7) is 0.439. The molecule has 2 heterocycles. The van der Waals surface area contributed by atoms with Crippen molar-refractivity contribution in [3.8, 4) is 0 Å². The van der Waals surface area contributed by atoms with Crippen LogP contribution < -0.4 is 5.32 Å². The largest absolute Gasteiger partial charge is 0.347 e. The van der Waals surface area contributed by atoms with E-state index in [9.17, 15) is 4.79 Å². The molecule has 17 heavy (non-hydrogen) atoms. The van der Waals surface area contributed by atoms with E-state index in [1.807, 2.05) is 13.1 Å². The van der Waals surface area contributed by atoms with Crippen LogP contribution in [0.3, 0.4) is 0 Å². The molecule has 2 rings (SSSR count). The normalized spacial score (nSPS) is 10.9. The fourth-order valence-electron chi connectivity index (χ4n) is 1.33. The van der Waals surface area contributed by atoms with Crippen molar-refractivity contribution in [1.29, 1.82) is 0 Å². The number of H-pyrrole nitrogens is 1. The fourth-order valence-corrected chi connectivity index (χ4v) is 1.33. The average molecular weight is 231 g/mol. The van der Waals surface area contributed by atoms with Crippen molar-refractivity contribution in [2.24, 2.45) is 7.05 Å². The maximum Gasteiger partial charge on any atom is 0.244 e. The number of imidazole rings is 1. The molecule has 88 valence electrons. The average Bonchev–Trinajstić information content (AvgIpc) is 2.95. The Balaban J connectivity index is 1.85. The molecule has 2 aromatic rings. The molecule has 0 unspecified atom stereocenters. The Hall–Kier alpha value is -2.37. The number of hydrogen-bond acceptors (Lipinski definition) is 3. The zero-order valence-corrected chi connectivity index (χ0v) is 9.42. The minimum atomic E-state index is -0.152. The lowest BCUT2D eigenvalue weighted by molar-refractivity contribution is -0.116. The molecule has 0 bridgehead atoms. The Bertz CT molecular complexity index is 512. The van der Waals surface area contributed by atoms with Crippen molar-refractivity contribution >= 4 is 12.0 Å². The van der Waals surface area contributed by atoms with E-state index >= 15 is 0 Å². The quantitative estimate of drug-likeness (QED) is 0.751. The summed E-state index contributed by atoms with van der Waals surface area (Å²) in [5, 5.41) is 6.74. The number of carbonyl (C=O) groups excluding carboxylic acids is 1. The van der Waals surface area contributed by atoms with Crippen molar-refractivity contribution in [2.45, 2.75) is 6.54 Å². The van der Waals surface area contributed by atoms with Gasteiger partial charge in [0.2, 0.25) is 5.91 Å². The number of carbonyl (C=O) groups is 1. The summed E-state index contributed by atoms with van der Waals surface area (Å²) in [5.74, 6) is -0.152. The number of rotatable bonds is 4. The predicted octanol–water partition coefficient (Wildman–Crippen LogP) is 0.473. The molecule has 0 aliphatic heterocycles. The van der Waals surface area contributed by atoms with Gasteiger partial charge >= 0.3 is 0 Å². The van der Waals surface area contributed by atoms with Crippen LogP contribution in [0.25, 0.3) is 6.08 Å². The smallest absolute Gasteiger partial charge is 0.244 e. The third-order valence-electron chi connectivity index (χ3n) is 2.27. The topological polar surface area (TPSA) is 75.6 Å². The van der Waals surface area contributed by atoms with Gasteiger partial charge in [-0.3, -0.25) is 9.48 Å². The van der Waals surface area contributed by atoms with Crippen molar-refractivity contribution in [3.05, 3.63) is 42.3 Å². The number of hydrogen-bond donors (Lipinski definition) is 2. The summed E-state index contributed by atoms with van der Waals surface area (Å²) in [6.07, 6.45) is 8.13. The Kier molecular flexibility index (Phi) is 3.34. The monoisotopic (exact) mass is 231 g/mol. The van der Waals surface area contributed by atoms with Crippen LogP contribution in [0.5, 0.6) is 0 Å². The zero-order chi connectivity index (χ0) is 12.1. The summed E-state index contributed by atoms with van der Waals surface area (Å²) < 4.78 is 1.69. The highest BCUT2D eigenvalue weighted by Crippen LogP contribution is 1.98. The molecule has 6 heteroatoms. The molecule has 0 saturated heterocycles. The van der Waals surface area contributed by atoms with Crippen LogP contribution in [0.15, 0.2) is 30.9 Å². The van der Waals surface area contributed by atoms with Crippen LogP contribution in [0.4, 0.5) is 0 Å². The van der Waals surface area contributed by atoms with E-state index in [-0.39, 0.29) is 5.91 Å². The Labute approximate surface area is 98.4 Å². The minimum absolute atomic E-state index is 0.152. The molecule has 1 amide bonds. The van der Waals surface area contributed by atoms with Gasteiger partial charge < -0.3 is 10.3 Å². The summed E-state index contributed by atoms with van der Waals surface area (Å²) in [7, 11) is 1.82. The van der Waals surface area contributed by atoms with Gasteiger partial charge in [-0.2, -0.15) is 5.10 Å². The van der Waals surface area contributed by atoms with Gasteiger partial charge in [0, 0.05) is 25.5 Å². The molecule has 2 aromatic heterocycles. The maximum atomic E-state index is 11.5. The summed E-state index contributed by atoms with van der Waals surface area (Å²) in [5.41, 5.74) is 1.74. The highest BCUT2D eigenvalue weighted by atomic mass is 16.1. The SMILES string of the molecule is Cn1nccc1C=CC(=O)NCc1cnc[nH]1. The molecular formula is C11H13N5O. The van der Waals surface area contributed by atoms with E-state index in [4.69, 9.17) is 0 Å². The standard InChI is InChI=1S/C11H13N5O/c1-16-10(4-5-15-16)2-3-11(17)13-7-9-6-12-8-14-9/h2-6,8H,7H2,1H3,(H,12,14)(H,13,17). The molecule has 0 radical (unpaired) electrons. The number of nitrogens with one attached hydrogen (secondary N) is 2. The summed E-state index contributed by atoms with van der Waals surface area (Å²) in [4.78, 5) is 18.3. The van der Waals surface area contributed by atoms with Gasteiger partial charge in [-0.15, -0.1) is 0 Å². The Morgan fingerprint density at radius 2 is 2.53 bits per heavy atom. The summed E-state index contributed by atoms with van der Waals surface area (Å²) in [6, 6.07) is 1.83. The van der Waals surface area contributed by atoms with E-state index in [0.717, 1.165) is 11.4 Å². The van der Waals surface area contributed by atoms with Gasteiger partial charge in [0.1, 0.15) is 0 Å². The lowest BCUT2D eigenvalue weighted by Gasteiger charge is -1.99. The van der Waals surface area contributed by atoms with E-state index in [1.165, 1.54) is 6.08 Å². The van der Waals surface area contributed by atoms with Crippen LogP contribution >= 0.6 is 0 Å². The Morgan fingerprint density at radius 3 is 3.18 bits per heavy atom. The number of nitrogens with zero attached hydrogens (tertiary/aromatic N) is 3. The van der Waals surface area contributed by atoms with Crippen LogP contribution in [0.1, 0.15) is 11.4 Å². The first-order valence-corrected chi connectivity index (χ1v) is 5.17. The van der Waals surface area contributed by atoms with Crippen LogP contribution in [0, 0.1) is 0 Å². The first kappa shape index (κ1) is 11.1. The number of amides is 1. The highest BCUT2D eigenvalue weighted by molar-refractivity contribution is 5.91. The minimum Gasteiger partial charge on any atom is -0.347 e. The second-order valence-corrected chi connectivity index (χ2v) is 3.51. The molecule has 6 nitrogen and oxygen atoms in total. The van der Waals surface area contributed by atoms with E-state index in [1.54, 1.807) is 29.5 Å². The van der Waals surface area contributed by atoms with Crippen LogP contribution in [-0.2, 0) is 18.4 Å². The predicted molar refractivity (Wildman–Crippen MR) is 62.7 cm³/mol. The van der Waals surface area contributed by atoms with Crippen molar-refractivity contribution in [1.82, 2.24) is 25.1 Å². The van der Waals surface area contributed by atoms with Gasteiger partial charge in [-0.05, 0) is 12.1 Å². The molecule has 0 aliphatic rings. The number of aryl methyl sites for hydroxylation is 1. The lowest BCUT2D eigenvalue weighted by atomic mass is 10.3. The summed E-state index contributed by atoms with van der Waals surface area (Å²) >= 11 is 0. The molecule has 0 aliphatic carbocycles. The fraction of sp³-hybridized carbons (Fsp3) is 0.182. The number of aromatic amines is 1. The molecule has 0 aromatic carbocycles. The van der Waals surface area contributed by atoms with E-state index in [0.29, 0.717) is 6.54 Å². The second-order valence-electron chi connectivity index (χ2n) is 3.51. The van der Waals surface area contributed by atoms with Gasteiger partial charge in [0.15, 0.2) is 0 Å². The van der Waals surface area contributed by atoms with Crippen molar-refractivity contribution in [2.75, 3.05) is 0 Å². The lowest BCUT2D eigenvalue weighted by Crippen LogP contribution is -2.20. The molecule has 2 N–H and O–H groups in total. The first-order chi connectivity index (χ1) is 8.25. The molecule has 0 fully saturated rings. The van der Waals surface area contributed by atoms with Crippen LogP contribution in [-0.4, -0.2) is 25.7 Å². The van der Waals surface area contributed by atoms with Gasteiger partial charge in [0.05, 0.1) is 24.3 Å². The van der Waals surface area contributed by atoms with E-state index in [2.05, 4.69) is 20.4 Å². The van der Waals surface area contributed by atoms with Gasteiger partial charge in [-0.25, -0.2) is 4.98 Å². The van der Waals surface area contributed by atoms with Crippen LogP contribution in [0.2, 0.25) is 0 Å². The molecule has 0 atom stereocenters. The Morgan fingerprint density at radius 1 is 1.65 bits per heavy atom. The van der Waals surface area contributed by atoms with Gasteiger partial charge in [0.25, 0.3) is 0 Å².